The van der Waals surface area contributed by atoms with Gasteiger partial charge >= 0.3 is 0 Å². The first kappa shape index (κ1) is 9.78. The van der Waals surface area contributed by atoms with Gasteiger partial charge in [-0.3, -0.25) is 0 Å². The highest BCUT2D eigenvalue weighted by molar-refractivity contribution is 9.10. The van der Waals surface area contributed by atoms with Crippen molar-refractivity contribution in [1.29, 1.82) is 0 Å². The van der Waals surface area contributed by atoms with Crippen LogP contribution in [0.25, 0.3) is 11.3 Å². The monoisotopic (exact) mass is 276 g/mol. The first-order valence-corrected chi connectivity index (χ1v) is 5.86. The van der Waals surface area contributed by atoms with Gasteiger partial charge in [-0.2, -0.15) is 0 Å². The molecule has 1 aliphatic heterocycles. The minimum Gasteiger partial charge on any atom is -0.492 e. The molecule has 3 nitrogen and oxygen atoms in total. The minimum absolute atomic E-state index is 0.762. The van der Waals surface area contributed by atoms with E-state index in [4.69, 9.17) is 4.74 Å². The summed E-state index contributed by atoms with van der Waals surface area (Å²) in [7, 11) is 0. The number of rotatable bonds is 1. The smallest absolute Gasteiger partial charge is 0.132 e. The first-order valence-electron chi connectivity index (χ1n) is 5.07. The number of halogens is 1. The fourth-order valence-electron chi connectivity index (χ4n) is 1.90. The third kappa shape index (κ3) is 1.59. The molecule has 1 aromatic carbocycles. The Labute approximate surface area is 102 Å². The van der Waals surface area contributed by atoms with Crippen LogP contribution in [0.5, 0.6) is 5.75 Å². The van der Waals surface area contributed by atoms with Gasteiger partial charge in [-0.1, -0.05) is 12.1 Å². The van der Waals surface area contributed by atoms with E-state index in [9.17, 15) is 0 Å². The Kier molecular flexibility index (Phi) is 2.36. The molecule has 1 aromatic heterocycles. The highest BCUT2D eigenvalue weighted by Gasteiger charge is 2.17. The zero-order valence-electron chi connectivity index (χ0n) is 8.48. The molecule has 4 heteroatoms. The summed E-state index contributed by atoms with van der Waals surface area (Å²) >= 11 is 3.35. The van der Waals surface area contributed by atoms with E-state index in [1.165, 1.54) is 5.56 Å². The van der Waals surface area contributed by atoms with E-state index in [2.05, 4.69) is 32.0 Å². The van der Waals surface area contributed by atoms with Gasteiger partial charge in [0.1, 0.15) is 16.7 Å². The Hall–Kier alpha value is -1.42. The number of hydrogen-bond acceptors (Lipinski definition) is 3. The van der Waals surface area contributed by atoms with Gasteiger partial charge in [0.2, 0.25) is 0 Å². The molecule has 2 heterocycles. The van der Waals surface area contributed by atoms with Crippen molar-refractivity contribution in [2.24, 2.45) is 0 Å². The van der Waals surface area contributed by atoms with Crippen molar-refractivity contribution in [1.82, 2.24) is 9.97 Å². The van der Waals surface area contributed by atoms with Crippen LogP contribution in [0, 0.1) is 0 Å². The summed E-state index contributed by atoms with van der Waals surface area (Å²) in [5.41, 5.74) is 3.19. The topological polar surface area (TPSA) is 35.0 Å². The zero-order chi connectivity index (χ0) is 11.0. The van der Waals surface area contributed by atoms with Gasteiger partial charge in [-0.25, -0.2) is 9.97 Å². The van der Waals surface area contributed by atoms with Gasteiger partial charge in [0.15, 0.2) is 0 Å². The van der Waals surface area contributed by atoms with E-state index >= 15 is 0 Å². The highest BCUT2D eigenvalue weighted by Crippen LogP contribution is 2.35. The molecule has 0 radical (unpaired) electrons. The average Bonchev–Trinajstić information content (AvgIpc) is 2.76. The lowest BCUT2D eigenvalue weighted by Gasteiger charge is -2.06. The van der Waals surface area contributed by atoms with Gasteiger partial charge in [0, 0.05) is 12.0 Å². The van der Waals surface area contributed by atoms with E-state index in [1.54, 1.807) is 6.33 Å². The van der Waals surface area contributed by atoms with Gasteiger partial charge in [0.25, 0.3) is 0 Å². The third-order valence-electron chi connectivity index (χ3n) is 2.62. The lowest BCUT2D eigenvalue weighted by atomic mass is 10.1. The van der Waals surface area contributed by atoms with Crippen molar-refractivity contribution in [2.45, 2.75) is 6.42 Å². The van der Waals surface area contributed by atoms with Crippen molar-refractivity contribution in [3.8, 4) is 17.0 Å². The second kappa shape index (κ2) is 3.87. The molecule has 0 N–H and O–H groups in total. The third-order valence-corrected chi connectivity index (χ3v) is 3.06. The van der Waals surface area contributed by atoms with E-state index in [0.717, 1.165) is 34.6 Å². The number of para-hydroxylation sites is 1. The van der Waals surface area contributed by atoms with Crippen molar-refractivity contribution < 1.29 is 4.74 Å². The highest BCUT2D eigenvalue weighted by atomic mass is 79.9. The van der Waals surface area contributed by atoms with Crippen molar-refractivity contribution in [2.75, 3.05) is 6.61 Å². The fraction of sp³-hybridized carbons (Fsp3) is 0.167. The Bertz CT molecular complexity index is 542. The molecule has 0 aliphatic carbocycles. The molecule has 1 aliphatic rings. The second-order valence-electron chi connectivity index (χ2n) is 3.62. The standard InChI is InChI=1S/C12H9BrN2O/c13-11-6-10(14-7-15-11)9-3-1-2-8-4-5-16-12(8)9/h1-3,6-7H,4-5H2. The van der Waals surface area contributed by atoms with Gasteiger partial charge in [-0.15, -0.1) is 0 Å². The molecule has 0 unspecified atom stereocenters. The predicted molar refractivity (Wildman–Crippen MR) is 64.4 cm³/mol. The Morgan fingerprint density at radius 3 is 3.06 bits per heavy atom. The van der Waals surface area contributed by atoms with Crippen LogP contribution in [0.4, 0.5) is 0 Å². The molecule has 0 spiro atoms. The summed E-state index contributed by atoms with van der Waals surface area (Å²) in [5.74, 6) is 0.966. The van der Waals surface area contributed by atoms with E-state index < -0.39 is 0 Å². The van der Waals surface area contributed by atoms with Gasteiger partial charge in [0.05, 0.1) is 12.3 Å². The summed E-state index contributed by atoms with van der Waals surface area (Å²) in [6, 6.07) is 8.07. The van der Waals surface area contributed by atoms with Crippen LogP contribution < -0.4 is 4.74 Å². The SMILES string of the molecule is Brc1cc(-c2cccc3c2OCC3)ncn1. The number of fused-ring (bicyclic) bond motifs is 1. The van der Waals surface area contributed by atoms with Crippen molar-refractivity contribution >= 4 is 15.9 Å². The van der Waals surface area contributed by atoms with Crippen LogP contribution >= 0.6 is 15.9 Å². The molecule has 0 fully saturated rings. The molecule has 3 rings (SSSR count). The molecular formula is C12H9BrN2O. The fourth-order valence-corrected chi connectivity index (χ4v) is 2.21. The summed E-state index contributed by atoms with van der Waals surface area (Å²) in [5, 5.41) is 0. The number of ether oxygens (including phenoxy) is 1. The van der Waals surface area contributed by atoms with E-state index in [-0.39, 0.29) is 0 Å². The quantitative estimate of drug-likeness (QED) is 0.752. The van der Waals surface area contributed by atoms with Crippen molar-refractivity contribution in [3.63, 3.8) is 0 Å². The average molecular weight is 277 g/mol. The maximum absolute atomic E-state index is 5.65. The zero-order valence-corrected chi connectivity index (χ0v) is 10.1. The summed E-state index contributed by atoms with van der Waals surface area (Å²) in [6.07, 6.45) is 2.53. The maximum atomic E-state index is 5.65. The number of aromatic nitrogens is 2. The van der Waals surface area contributed by atoms with Gasteiger partial charge < -0.3 is 4.74 Å². The lowest BCUT2D eigenvalue weighted by molar-refractivity contribution is 0.358. The van der Waals surface area contributed by atoms with Crippen LogP contribution in [0.3, 0.4) is 0 Å². The Morgan fingerprint density at radius 1 is 1.25 bits per heavy atom. The lowest BCUT2D eigenvalue weighted by Crippen LogP contribution is -1.91. The molecule has 0 amide bonds. The van der Waals surface area contributed by atoms with E-state index in [1.807, 2.05) is 18.2 Å². The molecule has 16 heavy (non-hydrogen) atoms. The maximum Gasteiger partial charge on any atom is 0.132 e. The normalized spacial score (nSPS) is 13.3. The minimum atomic E-state index is 0.762. The Balaban J connectivity index is 2.17. The molecule has 2 aromatic rings. The van der Waals surface area contributed by atoms with Crippen LogP contribution in [0.1, 0.15) is 5.56 Å². The molecule has 0 atom stereocenters. The predicted octanol–water partition coefficient (Wildman–Crippen LogP) is 2.84. The van der Waals surface area contributed by atoms with E-state index in [0.29, 0.717) is 0 Å². The molecular weight excluding hydrogens is 268 g/mol. The second-order valence-corrected chi connectivity index (χ2v) is 4.43. The largest absolute Gasteiger partial charge is 0.492 e. The Morgan fingerprint density at radius 2 is 2.19 bits per heavy atom. The van der Waals surface area contributed by atoms with Crippen LogP contribution in [-0.2, 0) is 6.42 Å². The summed E-state index contributed by atoms with van der Waals surface area (Å²) < 4.78 is 6.43. The summed E-state index contributed by atoms with van der Waals surface area (Å²) in [6.45, 7) is 0.762. The van der Waals surface area contributed by atoms with Gasteiger partial charge in [-0.05, 0) is 33.6 Å². The number of hydrogen-bond donors (Lipinski definition) is 0. The first-order chi connectivity index (χ1) is 7.84. The number of nitrogens with zero attached hydrogens (tertiary/aromatic N) is 2. The molecule has 0 saturated heterocycles. The number of benzene rings is 1. The van der Waals surface area contributed by atoms with Crippen molar-refractivity contribution in [3.05, 3.63) is 40.8 Å². The van der Waals surface area contributed by atoms with Crippen LogP contribution in [0.15, 0.2) is 35.2 Å². The molecule has 0 bridgehead atoms. The summed E-state index contributed by atoms with van der Waals surface area (Å²) in [4.78, 5) is 8.29. The van der Waals surface area contributed by atoms with Crippen LogP contribution in [0.2, 0.25) is 0 Å². The van der Waals surface area contributed by atoms with Crippen LogP contribution in [-0.4, -0.2) is 16.6 Å². The molecule has 80 valence electrons. The molecule has 0 saturated carbocycles.